The summed E-state index contributed by atoms with van der Waals surface area (Å²) in [6, 6.07) is 8.51. The van der Waals surface area contributed by atoms with Gasteiger partial charge in [-0.1, -0.05) is 24.3 Å². The highest BCUT2D eigenvalue weighted by molar-refractivity contribution is 5.66. The summed E-state index contributed by atoms with van der Waals surface area (Å²) in [6.45, 7) is 0.821. The maximum absolute atomic E-state index is 5.92. The van der Waals surface area contributed by atoms with Crippen LogP contribution >= 0.6 is 0 Å². The number of methoxy groups -OCH3 is 1. The number of nitrogens with zero attached hydrogens (tertiary/aromatic N) is 2. The van der Waals surface area contributed by atoms with Gasteiger partial charge in [0.1, 0.15) is 12.0 Å². The van der Waals surface area contributed by atoms with Crippen molar-refractivity contribution in [3.8, 4) is 5.88 Å². The first kappa shape index (κ1) is 11.8. The highest BCUT2D eigenvalue weighted by Gasteiger charge is 2.25. The van der Waals surface area contributed by atoms with Crippen LogP contribution in [0.5, 0.6) is 5.88 Å². The highest BCUT2D eigenvalue weighted by Crippen LogP contribution is 2.35. The fourth-order valence-corrected chi connectivity index (χ4v) is 2.45. The van der Waals surface area contributed by atoms with Crippen LogP contribution in [0.3, 0.4) is 0 Å². The van der Waals surface area contributed by atoms with Gasteiger partial charge >= 0.3 is 0 Å². The van der Waals surface area contributed by atoms with Crippen molar-refractivity contribution in [2.75, 3.05) is 24.7 Å². The molecule has 0 fully saturated rings. The normalized spacial score (nSPS) is 16.4. The monoisotopic (exact) mass is 256 g/mol. The van der Waals surface area contributed by atoms with Crippen LogP contribution in [-0.4, -0.2) is 23.6 Å². The molecule has 3 rings (SSSR count). The largest absolute Gasteiger partial charge is 0.479 e. The number of anilines is 2. The van der Waals surface area contributed by atoms with E-state index in [0.717, 1.165) is 13.0 Å². The third-order valence-corrected chi connectivity index (χ3v) is 3.52. The van der Waals surface area contributed by atoms with Gasteiger partial charge in [-0.15, -0.1) is 0 Å². The zero-order chi connectivity index (χ0) is 13.2. The summed E-state index contributed by atoms with van der Waals surface area (Å²) in [6.07, 6.45) is 2.55. The number of rotatable bonds is 4. The van der Waals surface area contributed by atoms with E-state index in [1.165, 1.54) is 17.5 Å². The van der Waals surface area contributed by atoms with Crippen molar-refractivity contribution < 1.29 is 4.74 Å². The lowest BCUT2D eigenvalue weighted by molar-refractivity contribution is 0.399. The average Bonchev–Trinajstić information content (AvgIpc) is 2.41. The molecule has 0 amide bonds. The Morgan fingerprint density at radius 3 is 3.00 bits per heavy atom. The van der Waals surface area contributed by atoms with Gasteiger partial charge in [-0.25, -0.2) is 4.98 Å². The Kier molecular flexibility index (Phi) is 2.95. The van der Waals surface area contributed by atoms with Gasteiger partial charge in [0.2, 0.25) is 5.88 Å². The van der Waals surface area contributed by atoms with Crippen LogP contribution in [0.4, 0.5) is 11.5 Å². The third-order valence-electron chi connectivity index (χ3n) is 3.52. The average molecular weight is 256 g/mol. The lowest BCUT2D eigenvalue weighted by Crippen LogP contribution is -2.24. The molecular weight excluding hydrogens is 240 g/mol. The van der Waals surface area contributed by atoms with E-state index >= 15 is 0 Å². The topological polar surface area (TPSA) is 73.1 Å². The van der Waals surface area contributed by atoms with Crippen molar-refractivity contribution in [1.29, 1.82) is 0 Å². The van der Waals surface area contributed by atoms with Crippen LogP contribution in [0.2, 0.25) is 0 Å². The SMILES string of the molecule is COc1ncnc(NCC2Cc3ccccc32)c1N. The first-order valence-corrected chi connectivity index (χ1v) is 6.25. The Labute approximate surface area is 111 Å². The molecule has 5 heteroatoms. The van der Waals surface area contributed by atoms with Crippen LogP contribution < -0.4 is 15.8 Å². The molecular formula is C14H16N4O. The molecule has 98 valence electrons. The van der Waals surface area contributed by atoms with Gasteiger partial charge in [-0.05, 0) is 17.5 Å². The van der Waals surface area contributed by atoms with E-state index in [-0.39, 0.29) is 0 Å². The molecule has 3 N–H and O–H groups in total. The van der Waals surface area contributed by atoms with E-state index in [1.807, 2.05) is 0 Å². The summed E-state index contributed by atoms with van der Waals surface area (Å²) in [7, 11) is 1.55. The van der Waals surface area contributed by atoms with Crippen LogP contribution in [0.1, 0.15) is 17.0 Å². The van der Waals surface area contributed by atoms with Crippen molar-refractivity contribution >= 4 is 11.5 Å². The van der Waals surface area contributed by atoms with Gasteiger partial charge < -0.3 is 15.8 Å². The molecule has 1 aromatic carbocycles. The minimum atomic E-state index is 0.409. The Morgan fingerprint density at radius 2 is 2.21 bits per heavy atom. The van der Waals surface area contributed by atoms with E-state index in [4.69, 9.17) is 10.5 Å². The quantitative estimate of drug-likeness (QED) is 0.873. The second-order valence-electron chi connectivity index (χ2n) is 4.63. The molecule has 1 unspecified atom stereocenters. The fourth-order valence-electron chi connectivity index (χ4n) is 2.45. The molecule has 0 saturated heterocycles. The summed E-state index contributed by atoms with van der Waals surface area (Å²) in [4.78, 5) is 8.10. The van der Waals surface area contributed by atoms with Crippen LogP contribution in [-0.2, 0) is 6.42 Å². The molecule has 1 atom stereocenters. The molecule has 0 bridgehead atoms. The second kappa shape index (κ2) is 4.76. The molecule has 2 aromatic rings. The number of hydrogen-bond acceptors (Lipinski definition) is 5. The molecule has 1 aliphatic carbocycles. The highest BCUT2D eigenvalue weighted by atomic mass is 16.5. The van der Waals surface area contributed by atoms with Crippen LogP contribution in [0.25, 0.3) is 0 Å². The van der Waals surface area contributed by atoms with E-state index < -0.39 is 0 Å². The summed E-state index contributed by atoms with van der Waals surface area (Å²) in [5.41, 5.74) is 9.22. The van der Waals surface area contributed by atoms with Gasteiger partial charge in [0.15, 0.2) is 5.82 Å². The maximum Gasteiger partial charge on any atom is 0.242 e. The molecule has 0 aliphatic heterocycles. The summed E-state index contributed by atoms with van der Waals surface area (Å²) in [5.74, 6) is 1.57. The number of nitrogens with one attached hydrogen (secondary N) is 1. The summed E-state index contributed by atoms with van der Waals surface area (Å²) >= 11 is 0. The molecule has 1 heterocycles. The van der Waals surface area contributed by atoms with Gasteiger partial charge in [0.05, 0.1) is 7.11 Å². The van der Waals surface area contributed by atoms with Crippen molar-refractivity contribution in [1.82, 2.24) is 9.97 Å². The van der Waals surface area contributed by atoms with E-state index in [2.05, 4.69) is 39.6 Å². The first-order valence-electron chi connectivity index (χ1n) is 6.25. The van der Waals surface area contributed by atoms with Crippen LogP contribution in [0.15, 0.2) is 30.6 Å². The lowest BCUT2D eigenvalue weighted by atomic mass is 9.77. The fraction of sp³-hybridized carbons (Fsp3) is 0.286. The van der Waals surface area contributed by atoms with Crippen molar-refractivity contribution in [3.63, 3.8) is 0 Å². The van der Waals surface area contributed by atoms with Crippen molar-refractivity contribution in [3.05, 3.63) is 41.7 Å². The zero-order valence-electron chi connectivity index (χ0n) is 10.8. The number of nitrogen functional groups attached to an aromatic ring is 1. The maximum atomic E-state index is 5.92. The van der Waals surface area contributed by atoms with E-state index in [1.54, 1.807) is 7.11 Å². The molecule has 0 radical (unpaired) electrons. The Hall–Kier alpha value is -2.30. The first-order chi connectivity index (χ1) is 9.29. The predicted molar refractivity (Wildman–Crippen MR) is 74.4 cm³/mol. The second-order valence-corrected chi connectivity index (χ2v) is 4.63. The molecule has 0 saturated carbocycles. The Balaban J connectivity index is 1.68. The summed E-state index contributed by atoms with van der Waals surface area (Å²) in [5, 5.41) is 3.27. The van der Waals surface area contributed by atoms with Gasteiger partial charge in [-0.2, -0.15) is 4.98 Å². The number of ether oxygens (including phenoxy) is 1. The van der Waals surface area contributed by atoms with Gasteiger partial charge in [-0.3, -0.25) is 0 Å². The Bertz CT molecular complexity index is 600. The van der Waals surface area contributed by atoms with Crippen molar-refractivity contribution in [2.24, 2.45) is 0 Å². The molecule has 1 aliphatic rings. The molecule has 0 spiro atoms. The van der Waals surface area contributed by atoms with Gasteiger partial charge in [0.25, 0.3) is 0 Å². The minimum absolute atomic E-state index is 0.409. The smallest absolute Gasteiger partial charge is 0.242 e. The summed E-state index contributed by atoms with van der Waals surface area (Å²) < 4.78 is 5.07. The minimum Gasteiger partial charge on any atom is -0.479 e. The zero-order valence-corrected chi connectivity index (χ0v) is 10.8. The van der Waals surface area contributed by atoms with Gasteiger partial charge in [0, 0.05) is 12.5 Å². The number of nitrogens with two attached hydrogens (primary N) is 1. The Morgan fingerprint density at radius 1 is 1.37 bits per heavy atom. The third kappa shape index (κ3) is 2.07. The molecule has 1 aromatic heterocycles. The number of aromatic nitrogens is 2. The van der Waals surface area contributed by atoms with E-state index in [0.29, 0.717) is 23.3 Å². The standard InChI is InChI=1S/C14H16N4O/c1-19-14-12(15)13(17-8-18-14)16-7-10-6-9-4-2-3-5-11(9)10/h2-5,8,10H,6-7,15H2,1H3,(H,16,17,18). The number of benzene rings is 1. The molecule has 5 nitrogen and oxygen atoms in total. The van der Waals surface area contributed by atoms with Crippen LogP contribution in [0, 0.1) is 0 Å². The number of fused-ring (bicyclic) bond motifs is 1. The predicted octanol–water partition coefficient (Wildman–Crippen LogP) is 1.82. The number of hydrogen-bond donors (Lipinski definition) is 2. The lowest BCUT2D eigenvalue weighted by Gasteiger charge is -2.30. The molecule has 19 heavy (non-hydrogen) atoms. The van der Waals surface area contributed by atoms with Crippen molar-refractivity contribution in [2.45, 2.75) is 12.3 Å². The van der Waals surface area contributed by atoms with E-state index in [9.17, 15) is 0 Å².